The molecule has 3 atom stereocenters. The minimum absolute atomic E-state index is 0.00267. The molecule has 4 rings (SSSR count). The maximum atomic E-state index is 13.5. The summed E-state index contributed by atoms with van der Waals surface area (Å²) in [4.78, 5) is 17.4. The molecule has 3 aromatic carbocycles. The molecule has 3 aromatic rings. The molecular weight excluding hydrogens is 578 g/mol. The number of amides is 1. The first-order valence-electron chi connectivity index (χ1n) is 13.8. The maximum absolute atomic E-state index is 13.5. The van der Waals surface area contributed by atoms with Gasteiger partial charge < -0.3 is 19.5 Å². The zero-order valence-corrected chi connectivity index (χ0v) is 25.9. The third kappa shape index (κ3) is 7.95. The second kappa shape index (κ2) is 13.8. The number of sulfonamides is 1. The van der Waals surface area contributed by atoms with Gasteiger partial charge in [-0.2, -0.15) is 0 Å². The first-order chi connectivity index (χ1) is 20.0. The van der Waals surface area contributed by atoms with E-state index in [0.29, 0.717) is 41.7 Å². The van der Waals surface area contributed by atoms with Crippen LogP contribution in [0.25, 0.3) is 0 Å². The lowest BCUT2D eigenvalue weighted by atomic mass is 10.0. The number of aliphatic hydroxyl groups is 1. The van der Waals surface area contributed by atoms with Crippen molar-refractivity contribution in [3.63, 3.8) is 0 Å². The van der Waals surface area contributed by atoms with Gasteiger partial charge in [-0.05, 0) is 74.1 Å². The number of ether oxygens (including phenoxy) is 2. The molecule has 0 radical (unpaired) electrons. The second-order valence-corrected chi connectivity index (χ2v) is 12.9. The molecule has 2 N–H and O–H groups in total. The van der Waals surface area contributed by atoms with Crippen LogP contribution in [0.4, 0.5) is 5.69 Å². The fourth-order valence-electron chi connectivity index (χ4n) is 4.95. The topological polar surface area (TPSA) is 108 Å². The maximum Gasteiger partial charge on any atom is 0.261 e. The van der Waals surface area contributed by atoms with Crippen molar-refractivity contribution >= 4 is 33.2 Å². The molecule has 0 spiro atoms. The van der Waals surface area contributed by atoms with E-state index in [1.165, 1.54) is 24.3 Å². The zero-order valence-electron chi connectivity index (χ0n) is 24.3. The number of hydrogen-bond donors (Lipinski definition) is 2. The second-order valence-electron chi connectivity index (χ2n) is 10.8. The number of carbonyl (C=O) groups excluding carboxylic acids is 1. The Hall–Kier alpha value is -3.31. The van der Waals surface area contributed by atoms with E-state index in [1.54, 1.807) is 30.2 Å². The van der Waals surface area contributed by atoms with Gasteiger partial charge >= 0.3 is 0 Å². The summed E-state index contributed by atoms with van der Waals surface area (Å²) in [6.07, 6.45) is -0.292. The van der Waals surface area contributed by atoms with Crippen molar-refractivity contribution in [1.82, 2.24) is 9.80 Å². The summed E-state index contributed by atoms with van der Waals surface area (Å²) >= 11 is 5.92. The molecule has 226 valence electrons. The van der Waals surface area contributed by atoms with Gasteiger partial charge in [0, 0.05) is 41.8 Å². The molecule has 0 saturated heterocycles. The Labute approximate surface area is 253 Å². The minimum Gasteiger partial charge on any atom is -0.497 e. The molecule has 11 heteroatoms. The molecule has 1 aliphatic rings. The van der Waals surface area contributed by atoms with Crippen LogP contribution in [0.1, 0.15) is 25.0 Å². The Morgan fingerprint density at radius 3 is 2.48 bits per heavy atom. The number of methoxy groups -OCH3 is 1. The highest BCUT2D eigenvalue weighted by molar-refractivity contribution is 7.92. The standard InChI is InChI=1S/C31H38ClN3O6S/c1-21-17-35(22(2)20-36)31(37)16-24-15-26(33-42(38,39)28-12-7-25(32)8-13-28)9-14-29(24)41-30(21)19-34(3)18-23-5-10-27(40-4)11-6-23/h5-15,21-22,30,33,36H,16-20H2,1-4H3/t21-,22+,30+/m0/s1. The van der Waals surface area contributed by atoms with Gasteiger partial charge in [-0.25, -0.2) is 8.42 Å². The normalized spacial score (nSPS) is 18.4. The van der Waals surface area contributed by atoms with Crippen molar-refractivity contribution in [2.45, 2.75) is 43.9 Å². The molecule has 1 aliphatic heterocycles. The largest absolute Gasteiger partial charge is 0.497 e. The summed E-state index contributed by atoms with van der Waals surface area (Å²) in [6.45, 7) is 5.35. The number of nitrogens with one attached hydrogen (secondary N) is 1. The summed E-state index contributed by atoms with van der Waals surface area (Å²) in [5.41, 5.74) is 1.99. The lowest BCUT2D eigenvalue weighted by molar-refractivity contribution is -0.134. The smallest absolute Gasteiger partial charge is 0.261 e. The van der Waals surface area contributed by atoms with E-state index >= 15 is 0 Å². The number of benzene rings is 3. The summed E-state index contributed by atoms with van der Waals surface area (Å²) < 4.78 is 40.4. The summed E-state index contributed by atoms with van der Waals surface area (Å²) in [5.74, 6) is 1.09. The van der Waals surface area contributed by atoms with E-state index in [9.17, 15) is 18.3 Å². The third-order valence-corrected chi connectivity index (χ3v) is 9.04. The van der Waals surface area contributed by atoms with Crippen LogP contribution in [0.15, 0.2) is 71.6 Å². The van der Waals surface area contributed by atoms with Gasteiger partial charge in [-0.3, -0.25) is 14.4 Å². The Bertz CT molecular complexity index is 1470. The van der Waals surface area contributed by atoms with Gasteiger partial charge in [0.15, 0.2) is 0 Å². The predicted molar refractivity (Wildman–Crippen MR) is 164 cm³/mol. The molecule has 0 aromatic heterocycles. The number of aliphatic hydroxyl groups excluding tert-OH is 1. The quantitative estimate of drug-likeness (QED) is 0.347. The van der Waals surface area contributed by atoms with E-state index in [2.05, 4.69) is 9.62 Å². The van der Waals surface area contributed by atoms with E-state index < -0.39 is 10.0 Å². The molecule has 0 fully saturated rings. The van der Waals surface area contributed by atoms with Crippen LogP contribution in [-0.4, -0.2) is 75.2 Å². The SMILES string of the molecule is COc1ccc(CN(C)C[C@H]2Oc3ccc(NS(=O)(=O)c4ccc(Cl)cc4)cc3CC(=O)N([C@H](C)CO)C[C@@H]2C)cc1. The van der Waals surface area contributed by atoms with Crippen LogP contribution in [0.5, 0.6) is 11.5 Å². The van der Waals surface area contributed by atoms with Crippen molar-refractivity contribution in [3.8, 4) is 11.5 Å². The van der Waals surface area contributed by atoms with Crippen LogP contribution >= 0.6 is 11.6 Å². The highest BCUT2D eigenvalue weighted by Crippen LogP contribution is 2.30. The van der Waals surface area contributed by atoms with Crippen LogP contribution in [0.3, 0.4) is 0 Å². The number of carbonyl (C=O) groups is 1. The summed E-state index contributed by atoms with van der Waals surface area (Å²) in [7, 11) is -0.231. The molecule has 0 aliphatic carbocycles. The van der Waals surface area contributed by atoms with Crippen LogP contribution in [0, 0.1) is 5.92 Å². The van der Waals surface area contributed by atoms with Crippen molar-refractivity contribution in [2.24, 2.45) is 5.92 Å². The Balaban J connectivity index is 1.61. The number of hydrogen-bond acceptors (Lipinski definition) is 7. The molecule has 42 heavy (non-hydrogen) atoms. The molecule has 0 unspecified atom stereocenters. The number of rotatable bonds is 10. The number of likely N-dealkylation sites (N-methyl/N-ethyl adjacent to an activating group) is 1. The first-order valence-corrected chi connectivity index (χ1v) is 15.6. The van der Waals surface area contributed by atoms with Gasteiger partial charge in [-0.15, -0.1) is 0 Å². The van der Waals surface area contributed by atoms with E-state index in [-0.39, 0.29) is 41.9 Å². The number of anilines is 1. The average Bonchev–Trinajstić information content (AvgIpc) is 3.00. The molecule has 0 bridgehead atoms. The van der Waals surface area contributed by atoms with Crippen molar-refractivity contribution in [2.75, 3.05) is 38.6 Å². The zero-order chi connectivity index (χ0) is 30.4. The molecule has 1 heterocycles. The first kappa shape index (κ1) is 31.6. The monoisotopic (exact) mass is 615 g/mol. The molecule has 0 saturated carbocycles. The van der Waals surface area contributed by atoms with Crippen LogP contribution < -0.4 is 14.2 Å². The highest BCUT2D eigenvalue weighted by Gasteiger charge is 2.31. The average molecular weight is 616 g/mol. The Kier molecular flexibility index (Phi) is 10.4. The Morgan fingerprint density at radius 1 is 1.14 bits per heavy atom. The molecular formula is C31H38ClN3O6S. The van der Waals surface area contributed by atoms with E-state index in [0.717, 1.165) is 11.3 Å². The van der Waals surface area contributed by atoms with Crippen LogP contribution in [0.2, 0.25) is 5.02 Å². The third-order valence-electron chi connectivity index (χ3n) is 7.40. The number of nitrogens with zero attached hydrogens (tertiary/aromatic N) is 2. The predicted octanol–water partition coefficient (Wildman–Crippen LogP) is 4.43. The summed E-state index contributed by atoms with van der Waals surface area (Å²) in [6, 6.07) is 18.4. The van der Waals surface area contributed by atoms with E-state index in [1.807, 2.05) is 45.2 Å². The van der Waals surface area contributed by atoms with Gasteiger partial charge in [0.25, 0.3) is 10.0 Å². The van der Waals surface area contributed by atoms with Gasteiger partial charge in [-0.1, -0.05) is 30.7 Å². The minimum atomic E-state index is -3.88. The Morgan fingerprint density at radius 2 is 1.83 bits per heavy atom. The van der Waals surface area contributed by atoms with Crippen LogP contribution in [-0.2, 0) is 27.8 Å². The lowest BCUT2D eigenvalue weighted by Crippen LogP contribution is -2.47. The van der Waals surface area contributed by atoms with Crippen molar-refractivity contribution in [1.29, 1.82) is 0 Å². The van der Waals surface area contributed by atoms with E-state index in [4.69, 9.17) is 21.1 Å². The fraction of sp³-hybridized carbons (Fsp3) is 0.387. The molecule has 1 amide bonds. The van der Waals surface area contributed by atoms with Crippen molar-refractivity contribution < 1.29 is 27.8 Å². The van der Waals surface area contributed by atoms with Gasteiger partial charge in [0.1, 0.15) is 17.6 Å². The number of fused-ring (bicyclic) bond motifs is 1. The lowest BCUT2D eigenvalue weighted by Gasteiger charge is -2.34. The van der Waals surface area contributed by atoms with Gasteiger partial charge in [0.05, 0.1) is 31.1 Å². The molecule has 9 nitrogen and oxygen atoms in total. The summed E-state index contributed by atoms with van der Waals surface area (Å²) in [5, 5.41) is 10.3. The van der Waals surface area contributed by atoms with Crippen molar-refractivity contribution in [3.05, 3.63) is 82.9 Å². The number of halogens is 1. The fourth-order valence-corrected chi connectivity index (χ4v) is 6.13. The highest BCUT2D eigenvalue weighted by atomic mass is 35.5. The van der Waals surface area contributed by atoms with Gasteiger partial charge in [0.2, 0.25) is 5.91 Å².